The molecular weight excluding hydrogens is 490 g/mol. The molecule has 39 heavy (non-hydrogen) atoms. The van der Waals surface area contributed by atoms with Crippen LogP contribution in [-0.4, -0.2) is 33.3 Å². The van der Waals surface area contributed by atoms with E-state index < -0.39 is 11.9 Å². The van der Waals surface area contributed by atoms with Gasteiger partial charge in [0.05, 0.1) is 19.4 Å². The van der Waals surface area contributed by atoms with E-state index in [4.69, 9.17) is 4.74 Å². The predicted molar refractivity (Wildman–Crippen MR) is 155 cm³/mol. The number of aromatic nitrogens is 1. The number of fused-ring (bicyclic) bond motifs is 1. The molecular formula is C33H35NO5. The maximum atomic E-state index is 11.6. The van der Waals surface area contributed by atoms with E-state index in [9.17, 15) is 19.8 Å². The SMILES string of the molecule is CCC(CC(=O)O)n1cc(CC(=O)O)c2c(/C=C/c3ccc(OCCCCc4ccccc4)cc3)cccc21. The van der Waals surface area contributed by atoms with Crippen LogP contribution in [0.2, 0.25) is 0 Å². The number of aliphatic carboxylic acids is 2. The number of carboxylic acid groups (broad SMARTS) is 2. The number of aryl methyl sites for hydroxylation is 1. The van der Waals surface area contributed by atoms with E-state index in [-0.39, 0.29) is 18.9 Å². The molecule has 4 rings (SSSR count). The predicted octanol–water partition coefficient (Wildman–Crippen LogP) is 7.27. The van der Waals surface area contributed by atoms with Crippen molar-refractivity contribution in [2.24, 2.45) is 0 Å². The Kier molecular flexibility index (Phi) is 9.57. The van der Waals surface area contributed by atoms with Crippen molar-refractivity contribution in [1.29, 1.82) is 0 Å². The van der Waals surface area contributed by atoms with Crippen molar-refractivity contribution in [2.75, 3.05) is 6.61 Å². The van der Waals surface area contributed by atoms with Crippen molar-refractivity contribution >= 4 is 35.0 Å². The third-order valence-corrected chi connectivity index (χ3v) is 6.89. The van der Waals surface area contributed by atoms with Crippen LogP contribution < -0.4 is 4.74 Å². The van der Waals surface area contributed by atoms with Crippen LogP contribution in [0.5, 0.6) is 5.75 Å². The molecule has 4 aromatic rings. The molecule has 6 heteroatoms. The van der Waals surface area contributed by atoms with Gasteiger partial charge in [-0.25, -0.2) is 0 Å². The van der Waals surface area contributed by atoms with Crippen molar-refractivity contribution in [2.45, 2.75) is 51.5 Å². The highest BCUT2D eigenvalue weighted by Gasteiger charge is 2.20. The van der Waals surface area contributed by atoms with E-state index >= 15 is 0 Å². The quantitative estimate of drug-likeness (QED) is 0.134. The van der Waals surface area contributed by atoms with Gasteiger partial charge in [0.2, 0.25) is 0 Å². The summed E-state index contributed by atoms with van der Waals surface area (Å²) in [6, 6.07) is 23.9. The van der Waals surface area contributed by atoms with E-state index in [0.29, 0.717) is 18.6 Å². The molecule has 1 atom stereocenters. The van der Waals surface area contributed by atoms with Gasteiger partial charge in [0.1, 0.15) is 5.75 Å². The lowest BCUT2D eigenvalue weighted by Gasteiger charge is -2.16. The first-order valence-corrected chi connectivity index (χ1v) is 13.5. The van der Waals surface area contributed by atoms with Crippen molar-refractivity contribution in [3.8, 4) is 5.75 Å². The fraction of sp³-hybridized carbons (Fsp3) is 0.273. The maximum Gasteiger partial charge on any atom is 0.307 e. The summed E-state index contributed by atoms with van der Waals surface area (Å²) in [6.45, 7) is 2.62. The van der Waals surface area contributed by atoms with Crippen LogP contribution >= 0.6 is 0 Å². The van der Waals surface area contributed by atoms with E-state index in [1.165, 1.54) is 5.56 Å². The minimum absolute atomic E-state index is 0.0195. The molecule has 1 aromatic heterocycles. The number of carbonyl (C=O) groups is 2. The zero-order valence-electron chi connectivity index (χ0n) is 22.3. The second-order valence-electron chi connectivity index (χ2n) is 9.73. The number of hydrogen-bond acceptors (Lipinski definition) is 3. The molecule has 0 saturated heterocycles. The van der Waals surface area contributed by atoms with Gasteiger partial charge >= 0.3 is 11.9 Å². The van der Waals surface area contributed by atoms with Gasteiger partial charge in [0.15, 0.2) is 0 Å². The summed E-state index contributed by atoms with van der Waals surface area (Å²) in [4.78, 5) is 23.0. The lowest BCUT2D eigenvalue weighted by atomic mass is 10.0. The Bertz CT molecular complexity index is 1420. The third kappa shape index (κ3) is 7.60. The number of unbranched alkanes of at least 4 members (excludes halogenated alkanes) is 1. The molecule has 3 aromatic carbocycles. The summed E-state index contributed by atoms with van der Waals surface area (Å²) < 4.78 is 7.83. The molecule has 0 fully saturated rings. The Morgan fingerprint density at radius 3 is 2.36 bits per heavy atom. The Balaban J connectivity index is 1.45. The normalized spacial score (nSPS) is 12.1. The second kappa shape index (κ2) is 13.5. The molecule has 0 bridgehead atoms. The molecule has 0 aliphatic heterocycles. The van der Waals surface area contributed by atoms with E-state index in [1.54, 1.807) is 6.20 Å². The third-order valence-electron chi connectivity index (χ3n) is 6.89. The van der Waals surface area contributed by atoms with Crippen LogP contribution in [0.1, 0.15) is 60.9 Å². The number of nitrogens with zero attached hydrogens (tertiary/aromatic N) is 1. The van der Waals surface area contributed by atoms with E-state index in [2.05, 4.69) is 24.3 Å². The van der Waals surface area contributed by atoms with Crippen LogP contribution in [0.15, 0.2) is 79.0 Å². The molecule has 0 saturated carbocycles. The van der Waals surface area contributed by atoms with Crippen LogP contribution in [0.3, 0.4) is 0 Å². The van der Waals surface area contributed by atoms with Gasteiger partial charge in [0.25, 0.3) is 0 Å². The average Bonchev–Trinajstić information content (AvgIpc) is 3.29. The number of ether oxygens (including phenoxy) is 1. The van der Waals surface area contributed by atoms with Gasteiger partial charge in [-0.1, -0.05) is 73.7 Å². The summed E-state index contributed by atoms with van der Waals surface area (Å²) in [7, 11) is 0. The highest BCUT2D eigenvalue weighted by molar-refractivity contribution is 5.96. The van der Waals surface area contributed by atoms with Crippen LogP contribution in [0.4, 0.5) is 0 Å². The van der Waals surface area contributed by atoms with E-state index in [1.807, 2.05) is 72.2 Å². The Morgan fingerprint density at radius 2 is 1.67 bits per heavy atom. The van der Waals surface area contributed by atoms with Crippen LogP contribution in [-0.2, 0) is 22.4 Å². The largest absolute Gasteiger partial charge is 0.494 e. The molecule has 0 amide bonds. The maximum absolute atomic E-state index is 11.6. The van der Waals surface area contributed by atoms with Crippen LogP contribution in [0.25, 0.3) is 23.1 Å². The van der Waals surface area contributed by atoms with Crippen molar-refractivity contribution in [3.05, 3.63) is 101 Å². The minimum Gasteiger partial charge on any atom is -0.494 e. The molecule has 0 aliphatic carbocycles. The zero-order chi connectivity index (χ0) is 27.6. The van der Waals surface area contributed by atoms with Crippen LogP contribution in [0, 0.1) is 0 Å². The monoisotopic (exact) mass is 525 g/mol. The molecule has 0 radical (unpaired) electrons. The molecule has 0 spiro atoms. The standard InChI is InChI=1S/C33H35NO5/c1-2-28(22-32(37)38)34-23-27(21-31(35)36)33-26(12-8-13-30(33)34)17-14-25-15-18-29(19-16-25)39-20-7-6-11-24-9-4-3-5-10-24/h3-5,8-10,12-19,23,28H,2,6-7,11,20-22H2,1H3,(H,35,36)(H,37,38)/b17-14+. The highest BCUT2D eigenvalue weighted by atomic mass is 16.5. The summed E-state index contributed by atoms with van der Waals surface area (Å²) in [6.07, 6.45) is 9.38. The number of benzene rings is 3. The summed E-state index contributed by atoms with van der Waals surface area (Å²) in [5.74, 6) is -0.965. The average molecular weight is 526 g/mol. The van der Waals surface area contributed by atoms with Gasteiger partial charge in [0, 0.05) is 23.1 Å². The fourth-order valence-electron chi connectivity index (χ4n) is 4.93. The zero-order valence-corrected chi connectivity index (χ0v) is 22.3. The molecule has 1 unspecified atom stereocenters. The van der Waals surface area contributed by atoms with Gasteiger partial charge in [-0.05, 0) is 66.1 Å². The van der Waals surface area contributed by atoms with Gasteiger partial charge in [-0.3, -0.25) is 9.59 Å². The van der Waals surface area contributed by atoms with Crippen molar-refractivity contribution in [3.63, 3.8) is 0 Å². The van der Waals surface area contributed by atoms with Gasteiger partial charge < -0.3 is 19.5 Å². The number of carboxylic acids is 2. The smallest absolute Gasteiger partial charge is 0.307 e. The topological polar surface area (TPSA) is 88.8 Å². The Hall–Kier alpha value is -4.32. The highest BCUT2D eigenvalue weighted by Crippen LogP contribution is 2.32. The summed E-state index contributed by atoms with van der Waals surface area (Å²) in [5.41, 5.74) is 4.77. The molecule has 202 valence electrons. The molecule has 0 aliphatic rings. The van der Waals surface area contributed by atoms with Crippen molar-refractivity contribution < 1.29 is 24.5 Å². The van der Waals surface area contributed by atoms with E-state index in [0.717, 1.165) is 47.0 Å². The lowest BCUT2D eigenvalue weighted by molar-refractivity contribution is -0.138. The first kappa shape index (κ1) is 27.7. The number of hydrogen-bond donors (Lipinski definition) is 2. The molecule has 1 heterocycles. The second-order valence-corrected chi connectivity index (χ2v) is 9.73. The molecule has 6 nitrogen and oxygen atoms in total. The Morgan fingerprint density at radius 1 is 0.897 bits per heavy atom. The summed E-state index contributed by atoms with van der Waals surface area (Å²) >= 11 is 0. The van der Waals surface area contributed by atoms with Crippen molar-refractivity contribution in [1.82, 2.24) is 4.57 Å². The lowest BCUT2D eigenvalue weighted by Crippen LogP contribution is -2.12. The number of rotatable bonds is 14. The minimum atomic E-state index is -0.922. The fourth-order valence-corrected chi connectivity index (χ4v) is 4.93. The first-order chi connectivity index (χ1) is 18.9. The van der Waals surface area contributed by atoms with Gasteiger partial charge in [-0.15, -0.1) is 0 Å². The summed E-state index contributed by atoms with van der Waals surface area (Å²) in [5, 5.41) is 19.7. The Labute approximate surface area is 229 Å². The first-order valence-electron chi connectivity index (χ1n) is 13.5. The van der Waals surface area contributed by atoms with Gasteiger partial charge in [-0.2, -0.15) is 0 Å². The molecule has 2 N–H and O–H groups in total.